The van der Waals surface area contributed by atoms with Gasteiger partial charge in [-0.05, 0) is 54.6 Å². The van der Waals surface area contributed by atoms with Crippen molar-refractivity contribution >= 4 is 31.6 Å². The van der Waals surface area contributed by atoms with Crippen molar-refractivity contribution in [3.63, 3.8) is 0 Å². The third kappa shape index (κ3) is 6.64. The molecular formula is C38H41FN4O8Si. The minimum Gasteiger partial charge on any atom is -0.491 e. The van der Waals surface area contributed by atoms with Gasteiger partial charge in [0.1, 0.15) is 0 Å². The lowest BCUT2D eigenvalue weighted by molar-refractivity contribution is -0.385. The summed E-state index contributed by atoms with van der Waals surface area (Å²) in [5.41, 5.74) is -0.612. The fraction of sp³-hybridized carbons (Fsp3) is 0.342. The molecule has 6 rings (SSSR count). The topological polar surface area (TPSA) is 144 Å². The number of nitrogens with zero attached hydrogens (tertiary/aromatic N) is 4. The highest BCUT2D eigenvalue weighted by molar-refractivity contribution is 6.72. The predicted molar refractivity (Wildman–Crippen MR) is 194 cm³/mol. The Balaban J connectivity index is 1.38. The first-order chi connectivity index (χ1) is 24.8. The summed E-state index contributed by atoms with van der Waals surface area (Å²) in [6.07, 6.45) is 0.331. The number of halogens is 1. The molecule has 14 heteroatoms. The Morgan fingerprint density at radius 3 is 2.46 bits per heavy atom. The molecule has 0 unspecified atom stereocenters. The van der Waals surface area contributed by atoms with Gasteiger partial charge in [0, 0.05) is 54.1 Å². The van der Waals surface area contributed by atoms with Crippen LogP contribution in [0.4, 0.5) is 15.5 Å². The van der Waals surface area contributed by atoms with Crippen molar-refractivity contribution in [1.29, 1.82) is 0 Å². The van der Waals surface area contributed by atoms with Crippen LogP contribution >= 0.6 is 0 Å². The Kier molecular flexibility index (Phi) is 10.2. The van der Waals surface area contributed by atoms with E-state index in [9.17, 15) is 29.6 Å². The fourth-order valence-corrected chi connectivity index (χ4v) is 10.3. The quantitative estimate of drug-likeness (QED) is 0.0874. The predicted octanol–water partition coefficient (Wildman–Crippen LogP) is 5.49. The lowest BCUT2D eigenvalue weighted by atomic mass is 9.82. The number of hydrogen-bond donors (Lipinski definition) is 1. The van der Waals surface area contributed by atoms with Crippen LogP contribution in [-0.2, 0) is 33.0 Å². The largest absolute Gasteiger partial charge is 0.491 e. The Morgan fingerprint density at radius 2 is 1.79 bits per heavy atom. The van der Waals surface area contributed by atoms with Gasteiger partial charge >= 0.3 is 0 Å². The number of nitro groups is 1. The van der Waals surface area contributed by atoms with Gasteiger partial charge in [-0.2, -0.15) is 0 Å². The third-order valence-corrected chi connectivity index (χ3v) is 12.6. The van der Waals surface area contributed by atoms with Gasteiger partial charge in [-0.25, -0.2) is 0 Å². The molecule has 4 aromatic rings. The number of nitro benzene ring substituents is 1. The summed E-state index contributed by atoms with van der Waals surface area (Å²) in [5, 5.41) is 21.8. The molecule has 1 fully saturated rings. The summed E-state index contributed by atoms with van der Waals surface area (Å²) < 4.78 is 29.8. The highest BCUT2D eigenvalue weighted by Gasteiger charge is 2.67. The van der Waals surface area contributed by atoms with E-state index in [0.717, 1.165) is 5.56 Å². The average Bonchev–Trinajstić information content (AvgIpc) is 3.54. The maximum absolute atomic E-state index is 16.4. The monoisotopic (exact) mass is 728 g/mol. The smallest absolute Gasteiger partial charge is 0.297 e. The van der Waals surface area contributed by atoms with Crippen molar-refractivity contribution < 1.29 is 33.2 Å². The van der Waals surface area contributed by atoms with Gasteiger partial charge in [0.25, 0.3) is 17.2 Å². The number of amides is 2. The molecule has 1 spiro atoms. The van der Waals surface area contributed by atoms with Gasteiger partial charge in [0.05, 0.1) is 43.4 Å². The fourth-order valence-electron chi connectivity index (χ4n) is 7.84. The van der Waals surface area contributed by atoms with E-state index in [1.807, 2.05) is 30.3 Å². The first-order valence-electron chi connectivity index (χ1n) is 17.0. The molecule has 0 aliphatic carbocycles. The number of rotatable bonds is 12. The van der Waals surface area contributed by atoms with E-state index in [4.69, 9.17) is 9.47 Å². The van der Waals surface area contributed by atoms with Crippen molar-refractivity contribution in [1.82, 2.24) is 9.47 Å². The number of aliphatic hydroxyl groups excluding tert-OH is 1. The van der Waals surface area contributed by atoms with E-state index in [1.165, 1.54) is 52.8 Å². The zero-order chi connectivity index (χ0) is 37.4. The third-order valence-electron chi connectivity index (χ3n) is 10.1. The molecule has 272 valence electrons. The van der Waals surface area contributed by atoms with E-state index in [1.54, 1.807) is 49.5 Å². The molecule has 3 aromatic carbocycles. The second-order valence-corrected chi connectivity index (χ2v) is 17.6. The van der Waals surface area contributed by atoms with Gasteiger partial charge in [-0.3, -0.25) is 29.1 Å². The van der Waals surface area contributed by atoms with Gasteiger partial charge < -0.3 is 28.5 Å². The van der Waals surface area contributed by atoms with Gasteiger partial charge in [0.15, 0.2) is 11.4 Å². The number of non-ortho nitro benzene ring substituents is 1. The number of carbonyl (C=O) groups is 2. The number of methoxy groups -OCH3 is 1. The number of aromatic nitrogens is 1. The summed E-state index contributed by atoms with van der Waals surface area (Å²) >= 11 is 0. The molecule has 0 bridgehead atoms. The molecule has 4 atom stereocenters. The highest BCUT2D eigenvalue weighted by Crippen LogP contribution is 2.60. The Labute approximate surface area is 301 Å². The van der Waals surface area contributed by atoms with Crippen LogP contribution in [0.5, 0.6) is 5.75 Å². The molecule has 2 aliphatic heterocycles. The van der Waals surface area contributed by atoms with Gasteiger partial charge in [-0.1, -0.05) is 49.4 Å². The second-order valence-electron chi connectivity index (χ2n) is 13.8. The van der Waals surface area contributed by atoms with E-state index in [0.29, 0.717) is 16.9 Å². The maximum Gasteiger partial charge on any atom is 0.297 e. The minimum absolute atomic E-state index is 0.0140. The molecule has 3 heterocycles. The summed E-state index contributed by atoms with van der Waals surface area (Å²) in [5.74, 6) is -1.53. The number of aliphatic hydroxyl groups is 1. The van der Waals surface area contributed by atoms with Crippen LogP contribution in [-0.4, -0.2) is 66.1 Å². The van der Waals surface area contributed by atoms with E-state index < -0.39 is 42.4 Å². The maximum atomic E-state index is 16.4. The number of carbonyl (C=O) groups excluding carboxylic acids is 2. The Hall–Kier alpha value is -5.18. The van der Waals surface area contributed by atoms with Gasteiger partial charge in [-0.15, -0.1) is 0 Å². The normalized spacial score (nSPS) is 21.0. The molecule has 1 saturated heterocycles. The average molecular weight is 729 g/mol. The molecular weight excluding hydrogens is 688 g/mol. The summed E-state index contributed by atoms with van der Waals surface area (Å²) in [6.45, 7) is 4.75. The van der Waals surface area contributed by atoms with Crippen LogP contribution in [0.25, 0.3) is 5.69 Å². The van der Waals surface area contributed by atoms with E-state index in [-0.39, 0.29) is 61.1 Å². The van der Waals surface area contributed by atoms with Crippen molar-refractivity contribution in [2.75, 3.05) is 25.2 Å². The molecule has 52 heavy (non-hydrogen) atoms. The van der Waals surface area contributed by atoms with Crippen LogP contribution < -0.4 is 15.2 Å². The number of pyridine rings is 1. The first-order valence-corrected chi connectivity index (χ1v) is 20.0. The molecule has 2 amide bonds. The number of benzene rings is 3. The molecule has 0 radical (unpaired) electrons. The number of fused-ring (bicyclic) bond motifs is 2. The lowest BCUT2D eigenvalue weighted by Crippen LogP contribution is -2.45. The zero-order valence-electron chi connectivity index (χ0n) is 29.4. The van der Waals surface area contributed by atoms with Crippen LogP contribution in [0.3, 0.4) is 0 Å². The summed E-state index contributed by atoms with van der Waals surface area (Å²) in [6, 6.07) is 23.7. The standard InChI is InChI=1S/C38H41FN4O8Si/c1-25-35(52(3,4)39)33(22-34(45)40(18-19-44)23-26-10-6-5-7-11-26)51-38(25)30-21-29(43(48)49)15-16-31(30)42(37(38)47)24-27-12-8-13-28(20-27)41-17-9-14-32(50-2)36(41)46/h5-17,20-21,25,33,35,44H,18-19,22-24H2,1-4H3/t25-,33+,35-,38+/m1/s1. The zero-order valence-corrected chi connectivity index (χ0v) is 30.4. The van der Waals surface area contributed by atoms with E-state index >= 15 is 4.11 Å². The van der Waals surface area contributed by atoms with Crippen LogP contribution in [0.15, 0.2) is 95.9 Å². The summed E-state index contributed by atoms with van der Waals surface area (Å²) in [7, 11) is -2.26. The second kappa shape index (κ2) is 14.4. The lowest BCUT2D eigenvalue weighted by Gasteiger charge is -2.31. The van der Waals surface area contributed by atoms with Crippen LogP contribution in [0.2, 0.25) is 18.6 Å². The molecule has 2 aliphatic rings. The summed E-state index contributed by atoms with van der Waals surface area (Å²) in [4.78, 5) is 56.2. The van der Waals surface area contributed by atoms with Crippen LogP contribution in [0.1, 0.15) is 30.0 Å². The molecule has 1 N–H and O–H groups in total. The van der Waals surface area contributed by atoms with E-state index in [2.05, 4.69) is 0 Å². The molecule has 0 saturated carbocycles. The first kappa shape index (κ1) is 36.6. The SMILES string of the molecule is COc1cccn(-c2cccc(CN3C(=O)[C@@]4(O[C@@H](CC(=O)N(CCO)Cc5ccccc5)[C@H]([Si](C)(C)F)[C@H]4C)c4cc([N+](=O)[O-])ccc43)c2)c1=O. The Bertz CT molecular complexity index is 2050. The minimum atomic E-state index is -3.67. The molecule has 12 nitrogen and oxygen atoms in total. The van der Waals surface area contributed by atoms with Crippen molar-refractivity contribution in [2.45, 2.75) is 56.8 Å². The van der Waals surface area contributed by atoms with Crippen molar-refractivity contribution in [3.8, 4) is 11.4 Å². The molecule has 1 aromatic heterocycles. The van der Waals surface area contributed by atoms with Crippen molar-refractivity contribution in [2.24, 2.45) is 5.92 Å². The number of hydrogen-bond acceptors (Lipinski definition) is 8. The van der Waals surface area contributed by atoms with Crippen molar-refractivity contribution in [3.05, 3.63) is 128 Å². The number of anilines is 1. The van der Waals surface area contributed by atoms with Gasteiger partial charge in [0.2, 0.25) is 14.3 Å². The van der Waals surface area contributed by atoms with Crippen LogP contribution in [0, 0.1) is 16.0 Å². The Morgan fingerprint density at radius 1 is 1.06 bits per heavy atom. The number of ether oxygens (including phenoxy) is 2. The highest BCUT2D eigenvalue weighted by atomic mass is 28.4.